The molecule has 1 saturated heterocycles. The predicted molar refractivity (Wildman–Crippen MR) is 75.4 cm³/mol. The molecule has 9 heteroatoms. The van der Waals surface area contributed by atoms with E-state index in [-0.39, 0.29) is 5.82 Å². The number of aliphatic hydroxyl groups excluding tert-OH is 2. The monoisotopic (exact) mass is 305 g/mol. The average Bonchev–Trinajstić information content (AvgIpc) is 3.02. The molecule has 2 aromatic rings. The first kappa shape index (κ1) is 14.6. The van der Waals surface area contributed by atoms with E-state index in [9.17, 15) is 15.3 Å². The Morgan fingerprint density at radius 2 is 2.27 bits per heavy atom. The smallest absolute Gasteiger partial charge is 0.172 e. The van der Waals surface area contributed by atoms with E-state index in [0.29, 0.717) is 11.2 Å². The third kappa shape index (κ3) is 1.92. The summed E-state index contributed by atoms with van der Waals surface area (Å²) in [4.78, 5) is 12.0. The highest BCUT2D eigenvalue weighted by atomic mass is 16.6. The normalized spacial score (nSPS) is 31.3. The van der Waals surface area contributed by atoms with Crippen LogP contribution in [0.25, 0.3) is 11.2 Å². The van der Waals surface area contributed by atoms with Crippen molar-refractivity contribution in [3.8, 4) is 0 Å². The van der Waals surface area contributed by atoms with Crippen LogP contribution in [0.4, 0.5) is 5.82 Å². The van der Waals surface area contributed by atoms with Gasteiger partial charge in [0.1, 0.15) is 24.1 Å². The molecule has 116 valence electrons. The van der Waals surface area contributed by atoms with E-state index in [1.165, 1.54) is 23.3 Å². The molecule has 4 atom stereocenters. The Morgan fingerprint density at radius 3 is 2.95 bits per heavy atom. The number of ether oxygens (including phenoxy) is 1. The second-order valence-electron chi connectivity index (χ2n) is 4.97. The van der Waals surface area contributed by atoms with Crippen LogP contribution in [0.1, 0.15) is 6.23 Å². The molecular weight excluding hydrogens is 290 g/mol. The molecule has 1 aliphatic heterocycles. The number of hydrogen-bond donors (Lipinski definition) is 4. The number of anilines is 1. The number of nitrogens with two attached hydrogens (primary N) is 1. The molecule has 0 aliphatic carbocycles. The van der Waals surface area contributed by atoms with Gasteiger partial charge in [0.15, 0.2) is 23.3 Å². The number of hydrogen-bond acceptors (Lipinski definition) is 8. The molecular formula is C13H15N5O4. The van der Waals surface area contributed by atoms with Gasteiger partial charge in [-0.15, -0.1) is 5.73 Å². The third-order valence-corrected chi connectivity index (χ3v) is 3.68. The van der Waals surface area contributed by atoms with Crippen LogP contribution in [-0.2, 0) is 4.74 Å². The van der Waals surface area contributed by atoms with Crippen LogP contribution < -0.4 is 5.73 Å². The third-order valence-electron chi connectivity index (χ3n) is 3.68. The fourth-order valence-corrected chi connectivity index (χ4v) is 2.59. The standard InChI is InChI=1S/C13H15N5O4/c1-2-3-13(21)9(20)7(4-19)22-12(13)18-6-17-8-10(14)15-5-16-11(8)18/h3,5-7,9,12,19-21H,1,4H2,(H2,14,15,16)/t7-,9-,12-,13-/m1/s1. The molecule has 3 heterocycles. The predicted octanol–water partition coefficient (Wildman–Crippen LogP) is -1.27. The molecule has 22 heavy (non-hydrogen) atoms. The lowest BCUT2D eigenvalue weighted by Crippen LogP contribution is -2.45. The molecule has 1 aliphatic rings. The summed E-state index contributed by atoms with van der Waals surface area (Å²) in [6.07, 6.45) is 0.397. The lowest BCUT2D eigenvalue weighted by Gasteiger charge is -2.27. The summed E-state index contributed by atoms with van der Waals surface area (Å²) in [6, 6.07) is 0. The van der Waals surface area contributed by atoms with Crippen molar-refractivity contribution >= 4 is 17.0 Å². The van der Waals surface area contributed by atoms with E-state index < -0.39 is 30.6 Å². The van der Waals surface area contributed by atoms with Gasteiger partial charge < -0.3 is 25.8 Å². The largest absolute Gasteiger partial charge is 0.394 e. The zero-order valence-corrected chi connectivity index (χ0v) is 11.5. The van der Waals surface area contributed by atoms with Crippen molar-refractivity contribution < 1.29 is 20.1 Å². The molecule has 0 aromatic carbocycles. The average molecular weight is 305 g/mol. The minimum absolute atomic E-state index is 0.184. The molecule has 1 fully saturated rings. The van der Waals surface area contributed by atoms with E-state index >= 15 is 0 Å². The van der Waals surface area contributed by atoms with Gasteiger partial charge in [0.25, 0.3) is 0 Å². The summed E-state index contributed by atoms with van der Waals surface area (Å²) in [6.45, 7) is 2.94. The van der Waals surface area contributed by atoms with Crippen LogP contribution in [0.5, 0.6) is 0 Å². The number of fused-ring (bicyclic) bond motifs is 1. The number of nitrogens with zero attached hydrogens (tertiary/aromatic N) is 4. The first-order valence-electron chi connectivity index (χ1n) is 6.49. The number of nitrogen functional groups attached to an aromatic ring is 1. The highest BCUT2D eigenvalue weighted by Crippen LogP contribution is 2.40. The Kier molecular flexibility index (Phi) is 3.44. The maximum atomic E-state index is 10.8. The number of aromatic nitrogens is 4. The van der Waals surface area contributed by atoms with E-state index in [1.807, 2.05) is 0 Å². The Hall–Kier alpha value is -2.29. The molecule has 5 N–H and O–H groups in total. The highest BCUT2D eigenvalue weighted by molar-refractivity contribution is 5.81. The van der Waals surface area contributed by atoms with Crippen LogP contribution >= 0.6 is 0 Å². The lowest BCUT2D eigenvalue weighted by molar-refractivity contribution is -0.0771. The maximum Gasteiger partial charge on any atom is 0.172 e. The van der Waals surface area contributed by atoms with Gasteiger partial charge >= 0.3 is 0 Å². The van der Waals surface area contributed by atoms with Crippen molar-refractivity contribution in [1.82, 2.24) is 19.5 Å². The summed E-state index contributed by atoms with van der Waals surface area (Å²) in [5.41, 5.74) is 7.00. The number of imidazole rings is 1. The molecule has 0 bridgehead atoms. The molecule has 2 aromatic heterocycles. The summed E-state index contributed by atoms with van der Waals surface area (Å²) in [5, 5.41) is 30.3. The van der Waals surface area contributed by atoms with Gasteiger partial charge in [-0.1, -0.05) is 6.58 Å². The van der Waals surface area contributed by atoms with E-state index in [4.69, 9.17) is 10.5 Å². The Balaban J connectivity index is 2.16. The molecule has 3 rings (SSSR count). The SMILES string of the molecule is C=C=C[C@@]1(O)[C@H](O)[C@@H](CO)O[C@H]1n1cnc2c(N)ncnc21. The van der Waals surface area contributed by atoms with E-state index in [0.717, 1.165) is 0 Å². The number of rotatable bonds is 3. The number of aliphatic hydroxyl groups is 3. The van der Waals surface area contributed by atoms with Gasteiger partial charge in [0.05, 0.1) is 12.9 Å². The van der Waals surface area contributed by atoms with Gasteiger partial charge in [-0.3, -0.25) is 4.57 Å². The second-order valence-corrected chi connectivity index (χ2v) is 4.97. The zero-order chi connectivity index (χ0) is 15.9. The van der Waals surface area contributed by atoms with Gasteiger partial charge in [0.2, 0.25) is 0 Å². The van der Waals surface area contributed by atoms with Crippen molar-refractivity contribution in [3.05, 3.63) is 31.0 Å². The van der Waals surface area contributed by atoms with Crippen molar-refractivity contribution in [3.63, 3.8) is 0 Å². The van der Waals surface area contributed by atoms with Crippen LogP contribution in [0.15, 0.2) is 31.0 Å². The van der Waals surface area contributed by atoms with Crippen LogP contribution in [0.2, 0.25) is 0 Å². The first-order chi connectivity index (χ1) is 10.5. The fourth-order valence-electron chi connectivity index (χ4n) is 2.59. The maximum absolute atomic E-state index is 10.8. The van der Waals surface area contributed by atoms with Crippen molar-refractivity contribution in [2.45, 2.75) is 24.0 Å². The van der Waals surface area contributed by atoms with Gasteiger partial charge in [0, 0.05) is 0 Å². The molecule has 9 nitrogen and oxygen atoms in total. The summed E-state index contributed by atoms with van der Waals surface area (Å²) >= 11 is 0. The van der Waals surface area contributed by atoms with Gasteiger partial charge in [-0.25, -0.2) is 15.0 Å². The summed E-state index contributed by atoms with van der Waals surface area (Å²) in [7, 11) is 0. The topological polar surface area (TPSA) is 140 Å². The molecule has 0 spiro atoms. The van der Waals surface area contributed by atoms with Crippen molar-refractivity contribution in [1.29, 1.82) is 0 Å². The lowest BCUT2D eigenvalue weighted by atomic mass is 9.94. The van der Waals surface area contributed by atoms with Gasteiger partial charge in [-0.05, 0) is 6.08 Å². The first-order valence-corrected chi connectivity index (χ1v) is 6.49. The van der Waals surface area contributed by atoms with Crippen molar-refractivity contribution in [2.24, 2.45) is 0 Å². The minimum atomic E-state index is -1.84. The van der Waals surface area contributed by atoms with Crippen LogP contribution in [0, 0.1) is 0 Å². The second kappa shape index (κ2) is 5.16. The summed E-state index contributed by atoms with van der Waals surface area (Å²) < 4.78 is 6.97. The Bertz CT molecular complexity index is 756. The van der Waals surface area contributed by atoms with Crippen LogP contribution in [-0.4, -0.2) is 59.3 Å². The fraction of sp³-hybridized carbons (Fsp3) is 0.385. The zero-order valence-electron chi connectivity index (χ0n) is 11.5. The molecule has 0 unspecified atom stereocenters. The Labute approximate surface area is 125 Å². The molecule has 0 radical (unpaired) electrons. The minimum Gasteiger partial charge on any atom is -0.394 e. The Morgan fingerprint density at radius 1 is 1.50 bits per heavy atom. The quantitative estimate of drug-likeness (QED) is 0.515. The van der Waals surface area contributed by atoms with E-state index in [1.54, 1.807) is 0 Å². The van der Waals surface area contributed by atoms with Crippen LogP contribution in [0.3, 0.4) is 0 Å². The highest BCUT2D eigenvalue weighted by Gasteiger charge is 2.55. The van der Waals surface area contributed by atoms with E-state index in [2.05, 4.69) is 27.3 Å². The molecule has 0 saturated carbocycles. The summed E-state index contributed by atoms with van der Waals surface area (Å²) in [5.74, 6) is 0.184. The van der Waals surface area contributed by atoms with Crippen molar-refractivity contribution in [2.75, 3.05) is 12.3 Å². The van der Waals surface area contributed by atoms with Gasteiger partial charge in [-0.2, -0.15) is 0 Å². The molecule has 0 amide bonds.